The Kier molecular flexibility index (Phi) is 3.24. The van der Waals surface area contributed by atoms with Gasteiger partial charge in [-0.15, -0.1) is 0 Å². The fraction of sp³-hybridized carbons (Fsp3) is 0.824. The van der Waals surface area contributed by atoms with E-state index in [0.717, 1.165) is 30.6 Å². The number of Topliss-reactive ketones (excluding diaryl/α,β-unsaturated/α-hetero) is 1. The van der Waals surface area contributed by atoms with E-state index in [1.165, 1.54) is 12.8 Å². The monoisotopic (exact) mass is 278 g/mol. The van der Waals surface area contributed by atoms with Gasteiger partial charge in [-0.3, -0.25) is 4.79 Å². The molecule has 112 valence electrons. The van der Waals surface area contributed by atoms with Gasteiger partial charge in [0.05, 0.1) is 6.04 Å². The lowest BCUT2D eigenvalue weighted by molar-refractivity contribution is -0.794. The molecule has 2 bridgehead atoms. The molecule has 0 amide bonds. The van der Waals surface area contributed by atoms with E-state index in [1.54, 1.807) is 0 Å². The summed E-state index contributed by atoms with van der Waals surface area (Å²) in [5.74, 6) is 1.83. The zero-order valence-corrected chi connectivity index (χ0v) is 13.3. The molecular formula is C17H28NO2+. The average molecular weight is 278 g/mol. The number of ether oxygens (including phenoxy) is 1. The molecule has 0 aromatic carbocycles. The SMILES string of the molecule is CC(C)[NH2+][C@]12CCC[C@H](C1)C1=C(CC(C)(C)CC1=O)O2. The van der Waals surface area contributed by atoms with Gasteiger partial charge in [-0.1, -0.05) is 13.8 Å². The molecule has 1 saturated carbocycles. The highest BCUT2D eigenvalue weighted by atomic mass is 16.5. The Bertz CT molecular complexity index is 464. The van der Waals surface area contributed by atoms with Crippen molar-refractivity contribution in [3.8, 4) is 0 Å². The highest BCUT2D eigenvalue weighted by molar-refractivity contribution is 5.97. The lowest BCUT2D eigenvalue weighted by Crippen LogP contribution is -3.01. The van der Waals surface area contributed by atoms with Crippen molar-refractivity contribution in [3.63, 3.8) is 0 Å². The zero-order chi connectivity index (χ0) is 14.5. The lowest BCUT2D eigenvalue weighted by atomic mass is 9.68. The summed E-state index contributed by atoms with van der Waals surface area (Å²) >= 11 is 0. The molecule has 0 radical (unpaired) electrons. The largest absolute Gasteiger partial charge is 0.444 e. The first-order valence-corrected chi connectivity index (χ1v) is 8.12. The summed E-state index contributed by atoms with van der Waals surface area (Å²) in [7, 11) is 0. The molecule has 20 heavy (non-hydrogen) atoms. The summed E-state index contributed by atoms with van der Waals surface area (Å²) in [6, 6.07) is 0.531. The Labute approximate surface area is 122 Å². The first-order valence-electron chi connectivity index (χ1n) is 8.12. The van der Waals surface area contributed by atoms with Crippen LogP contribution in [-0.4, -0.2) is 17.6 Å². The van der Waals surface area contributed by atoms with Crippen LogP contribution < -0.4 is 5.32 Å². The highest BCUT2D eigenvalue weighted by Crippen LogP contribution is 2.49. The average Bonchev–Trinajstić information content (AvgIpc) is 2.23. The number of fused-ring (bicyclic) bond motifs is 3. The molecule has 1 heterocycles. The van der Waals surface area contributed by atoms with Gasteiger partial charge in [0.1, 0.15) is 5.76 Å². The molecular weight excluding hydrogens is 250 g/mol. The second-order valence-corrected chi connectivity index (χ2v) is 8.15. The van der Waals surface area contributed by atoms with Gasteiger partial charge in [-0.25, -0.2) is 0 Å². The molecule has 3 aliphatic rings. The Morgan fingerprint density at radius 3 is 2.75 bits per heavy atom. The molecule has 0 aromatic rings. The van der Waals surface area contributed by atoms with Crippen LogP contribution in [0.5, 0.6) is 0 Å². The van der Waals surface area contributed by atoms with Crippen LogP contribution in [0.1, 0.15) is 66.2 Å². The molecule has 0 saturated heterocycles. The van der Waals surface area contributed by atoms with E-state index in [2.05, 4.69) is 33.0 Å². The van der Waals surface area contributed by atoms with Crippen LogP contribution in [0, 0.1) is 11.3 Å². The van der Waals surface area contributed by atoms with Crippen LogP contribution in [0.4, 0.5) is 0 Å². The minimum absolute atomic E-state index is 0.0561. The molecule has 0 spiro atoms. The lowest BCUT2D eigenvalue weighted by Gasteiger charge is -2.48. The van der Waals surface area contributed by atoms with Crippen molar-refractivity contribution in [2.45, 2.75) is 78.0 Å². The number of nitrogens with two attached hydrogens (primary N) is 1. The Hall–Kier alpha value is -0.830. The van der Waals surface area contributed by atoms with E-state index in [4.69, 9.17) is 4.74 Å². The molecule has 2 aliphatic carbocycles. The number of quaternary nitrogens is 1. The minimum atomic E-state index is -0.0936. The maximum atomic E-state index is 12.5. The van der Waals surface area contributed by atoms with Crippen molar-refractivity contribution in [1.82, 2.24) is 0 Å². The third kappa shape index (κ3) is 2.41. The van der Waals surface area contributed by atoms with Crippen molar-refractivity contribution in [1.29, 1.82) is 0 Å². The van der Waals surface area contributed by atoms with Crippen molar-refractivity contribution >= 4 is 5.78 Å². The quantitative estimate of drug-likeness (QED) is 0.843. The van der Waals surface area contributed by atoms with E-state index in [9.17, 15) is 4.79 Å². The van der Waals surface area contributed by atoms with Crippen LogP contribution >= 0.6 is 0 Å². The summed E-state index contributed by atoms with van der Waals surface area (Å²) < 4.78 is 6.47. The Morgan fingerprint density at radius 1 is 1.30 bits per heavy atom. The van der Waals surface area contributed by atoms with E-state index < -0.39 is 0 Å². The van der Waals surface area contributed by atoms with Gasteiger partial charge in [0.15, 0.2) is 5.78 Å². The fourth-order valence-electron chi connectivity index (χ4n) is 4.47. The summed E-state index contributed by atoms with van der Waals surface area (Å²) in [5, 5.41) is 2.38. The zero-order valence-electron chi connectivity index (χ0n) is 13.3. The van der Waals surface area contributed by atoms with E-state index in [-0.39, 0.29) is 11.1 Å². The van der Waals surface area contributed by atoms with Crippen molar-refractivity contribution in [2.24, 2.45) is 11.3 Å². The number of rotatable bonds is 2. The van der Waals surface area contributed by atoms with Gasteiger partial charge >= 0.3 is 0 Å². The molecule has 2 atom stereocenters. The highest BCUT2D eigenvalue weighted by Gasteiger charge is 2.51. The van der Waals surface area contributed by atoms with Crippen LogP contribution in [0.2, 0.25) is 0 Å². The summed E-state index contributed by atoms with van der Waals surface area (Å²) in [6.45, 7) is 8.81. The standard InChI is InChI=1S/C17H27NO2/c1-11(2)18-17-7-5-6-12(8-17)15-13(19)9-16(3,4)10-14(15)20-17/h11-12,18H,5-10H2,1-4H3/p+1/t12-,17+/m1/s1. The number of allylic oxidation sites excluding steroid dienone is 2. The molecule has 3 heteroatoms. The second-order valence-electron chi connectivity index (χ2n) is 8.15. The normalized spacial score (nSPS) is 35.9. The smallest absolute Gasteiger partial charge is 0.240 e. The predicted octanol–water partition coefficient (Wildman–Crippen LogP) is 2.52. The van der Waals surface area contributed by atoms with Crippen molar-refractivity contribution in [2.75, 3.05) is 0 Å². The number of carbonyl (C=O) groups excluding carboxylic acids is 1. The van der Waals surface area contributed by atoms with Gasteiger partial charge in [0.2, 0.25) is 5.72 Å². The number of carbonyl (C=O) groups is 1. The topological polar surface area (TPSA) is 42.9 Å². The third-order valence-corrected chi connectivity index (χ3v) is 5.00. The number of ketones is 1. The van der Waals surface area contributed by atoms with E-state index in [1.807, 2.05) is 0 Å². The fourth-order valence-corrected chi connectivity index (χ4v) is 4.47. The first-order chi connectivity index (χ1) is 9.30. The molecule has 0 aromatic heterocycles. The van der Waals surface area contributed by atoms with Gasteiger partial charge in [0.25, 0.3) is 0 Å². The summed E-state index contributed by atoms with van der Waals surface area (Å²) in [4.78, 5) is 12.5. The van der Waals surface area contributed by atoms with E-state index in [0.29, 0.717) is 24.2 Å². The minimum Gasteiger partial charge on any atom is -0.444 e. The van der Waals surface area contributed by atoms with Gasteiger partial charge in [0, 0.05) is 37.2 Å². The summed E-state index contributed by atoms with van der Waals surface area (Å²) in [5.41, 5.74) is 1.02. The molecule has 0 unspecified atom stereocenters. The number of hydrogen-bond acceptors (Lipinski definition) is 2. The molecule has 2 N–H and O–H groups in total. The molecule has 3 nitrogen and oxygen atoms in total. The molecule has 1 fully saturated rings. The van der Waals surface area contributed by atoms with Crippen LogP contribution in [0.3, 0.4) is 0 Å². The molecule has 3 rings (SSSR count). The van der Waals surface area contributed by atoms with Gasteiger partial charge in [-0.2, -0.15) is 0 Å². The third-order valence-electron chi connectivity index (χ3n) is 5.00. The van der Waals surface area contributed by atoms with Crippen LogP contribution in [-0.2, 0) is 9.53 Å². The second kappa shape index (κ2) is 4.59. The number of hydrogen-bond donors (Lipinski definition) is 1. The first kappa shape index (κ1) is 14.1. The Morgan fingerprint density at radius 2 is 2.05 bits per heavy atom. The maximum absolute atomic E-state index is 12.5. The summed E-state index contributed by atoms with van der Waals surface area (Å²) in [6.07, 6.45) is 6.11. The van der Waals surface area contributed by atoms with Gasteiger partial charge < -0.3 is 10.1 Å². The van der Waals surface area contributed by atoms with Crippen LogP contribution in [0.15, 0.2) is 11.3 Å². The molecule has 1 aliphatic heterocycles. The van der Waals surface area contributed by atoms with Crippen molar-refractivity contribution in [3.05, 3.63) is 11.3 Å². The van der Waals surface area contributed by atoms with Gasteiger partial charge in [-0.05, 0) is 32.1 Å². The van der Waals surface area contributed by atoms with E-state index >= 15 is 0 Å². The Balaban J connectivity index is 1.96. The maximum Gasteiger partial charge on any atom is 0.240 e. The van der Waals surface area contributed by atoms with Crippen molar-refractivity contribution < 1.29 is 14.8 Å². The van der Waals surface area contributed by atoms with Crippen LogP contribution in [0.25, 0.3) is 0 Å². The predicted molar refractivity (Wildman–Crippen MR) is 77.9 cm³/mol.